The first-order valence-corrected chi connectivity index (χ1v) is 8.85. The molecule has 0 spiro atoms. The van der Waals surface area contributed by atoms with Crippen LogP contribution in [0.5, 0.6) is 0 Å². The summed E-state index contributed by atoms with van der Waals surface area (Å²) >= 11 is 6.19. The highest BCUT2D eigenvalue weighted by atomic mass is 35.5. The molecule has 1 heterocycles. The van der Waals surface area contributed by atoms with Crippen molar-refractivity contribution in [1.82, 2.24) is 4.98 Å². The SMILES string of the molecule is CC(C)(C)c1ccc(NC(=O)c2ccc(-c3ccccc3Cl)nc2)cc1. The molecule has 0 atom stereocenters. The van der Waals surface area contributed by atoms with Gasteiger partial charge in [0.1, 0.15) is 0 Å². The largest absolute Gasteiger partial charge is 0.322 e. The van der Waals surface area contributed by atoms with Gasteiger partial charge in [-0.05, 0) is 41.3 Å². The second-order valence-electron chi connectivity index (χ2n) is 7.19. The molecule has 3 rings (SSSR count). The van der Waals surface area contributed by atoms with Crippen LogP contribution in [0.1, 0.15) is 36.7 Å². The molecule has 0 aliphatic heterocycles. The molecule has 2 aromatic carbocycles. The number of pyridine rings is 1. The molecule has 1 N–H and O–H groups in total. The number of rotatable bonds is 3. The van der Waals surface area contributed by atoms with E-state index in [9.17, 15) is 4.79 Å². The average molecular weight is 365 g/mol. The molecule has 0 bridgehead atoms. The third kappa shape index (κ3) is 4.12. The van der Waals surface area contributed by atoms with Crippen LogP contribution in [-0.2, 0) is 5.41 Å². The summed E-state index contributed by atoms with van der Waals surface area (Å²) in [4.78, 5) is 16.8. The van der Waals surface area contributed by atoms with Crippen LogP contribution >= 0.6 is 11.6 Å². The van der Waals surface area contributed by atoms with Crippen LogP contribution in [0.25, 0.3) is 11.3 Å². The number of hydrogen-bond acceptors (Lipinski definition) is 2. The summed E-state index contributed by atoms with van der Waals surface area (Å²) in [5.41, 5.74) is 4.15. The van der Waals surface area contributed by atoms with Gasteiger partial charge in [-0.2, -0.15) is 0 Å². The van der Waals surface area contributed by atoms with Gasteiger partial charge in [-0.15, -0.1) is 0 Å². The Labute approximate surface area is 159 Å². The van der Waals surface area contributed by atoms with Gasteiger partial charge in [0, 0.05) is 22.5 Å². The van der Waals surface area contributed by atoms with Gasteiger partial charge in [0.2, 0.25) is 0 Å². The number of carbonyl (C=O) groups is 1. The molecule has 0 saturated heterocycles. The predicted molar refractivity (Wildman–Crippen MR) is 108 cm³/mol. The standard InChI is InChI=1S/C22H21ClN2O/c1-22(2,3)16-9-11-17(12-10-16)25-21(26)15-8-13-20(24-14-15)18-6-4-5-7-19(18)23/h4-14H,1-3H3,(H,25,26). The van der Waals surface area contributed by atoms with E-state index in [4.69, 9.17) is 11.6 Å². The van der Waals surface area contributed by atoms with Crippen molar-refractivity contribution >= 4 is 23.2 Å². The van der Waals surface area contributed by atoms with Gasteiger partial charge in [0.25, 0.3) is 5.91 Å². The summed E-state index contributed by atoms with van der Waals surface area (Å²) in [6.07, 6.45) is 1.57. The molecule has 1 aromatic heterocycles. The van der Waals surface area contributed by atoms with Gasteiger partial charge in [-0.1, -0.05) is 62.7 Å². The summed E-state index contributed by atoms with van der Waals surface area (Å²) in [7, 11) is 0. The first-order chi connectivity index (χ1) is 12.3. The first kappa shape index (κ1) is 18.2. The highest BCUT2D eigenvalue weighted by Gasteiger charge is 2.14. The molecule has 0 unspecified atom stereocenters. The monoisotopic (exact) mass is 364 g/mol. The molecule has 0 aliphatic rings. The highest BCUT2D eigenvalue weighted by Crippen LogP contribution is 2.26. The second kappa shape index (κ2) is 7.30. The van der Waals surface area contributed by atoms with E-state index < -0.39 is 0 Å². The molecule has 0 saturated carbocycles. The zero-order valence-electron chi connectivity index (χ0n) is 15.1. The number of nitrogens with one attached hydrogen (secondary N) is 1. The number of carbonyl (C=O) groups excluding carboxylic acids is 1. The lowest BCUT2D eigenvalue weighted by Crippen LogP contribution is -2.13. The first-order valence-electron chi connectivity index (χ1n) is 8.47. The van der Waals surface area contributed by atoms with Crippen molar-refractivity contribution in [3.8, 4) is 11.3 Å². The molecule has 1 amide bonds. The van der Waals surface area contributed by atoms with Crippen LogP contribution in [0, 0.1) is 0 Å². The molecule has 3 nitrogen and oxygen atoms in total. The average Bonchev–Trinajstić information content (AvgIpc) is 2.62. The maximum atomic E-state index is 12.4. The minimum Gasteiger partial charge on any atom is -0.322 e. The summed E-state index contributed by atoms with van der Waals surface area (Å²) < 4.78 is 0. The van der Waals surface area contributed by atoms with E-state index in [0.717, 1.165) is 16.9 Å². The third-order valence-electron chi connectivity index (χ3n) is 4.18. The number of nitrogens with zero attached hydrogens (tertiary/aromatic N) is 1. The van der Waals surface area contributed by atoms with Crippen molar-refractivity contribution in [2.45, 2.75) is 26.2 Å². The maximum absolute atomic E-state index is 12.4. The van der Waals surface area contributed by atoms with E-state index in [1.165, 1.54) is 5.56 Å². The van der Waals surface area contributed by atoms with E-state index in [1.807, 2.05) is 48.5 Å². The van der Waals surface area contributed by atoms with Gasteiger partial charge >= 0.3 is 0 Å². The topological polar surface area (TPSA) is 42.0 Å². The van der Waals surface area contributed by atoms with Crippen LogP contribution in [-0.4, -0.2) is 10.9 Å². The number of aromatic nitrogens is 1. The third-order valence-corrected chi connectivity index (χ3v) is 4.51. The van der Waals surface area contributed by atoms with Crippen molar-refractivity contribution in [1.29, 1.82) is 0 Å². The molecule has 4 heteroatoms. The van der Waals surface area contributed by atoms with Crippen LogP contribution in [0.15, 0.2) is 66.9 Å². The van der Waals surface area contributed by atoms with Crippen LogP contribution < -0.4 is 5.32 Å². The highest BCUT2D eigenvalue weighted by molar-refractivity contribution is 6.33. The van der Waals surface area contributed by atoms with E-state index in [0.29, 0.717) is 10.6 Å². The van der Waals surface area contributed by atoms with Crippen molar-refractivity contribution in [3.05, 3.63) is 83.0 Å². The van der Waals surface area contributed by atoms with Crippen molar-refractivity contribution in [2.75, 3.05) is 5.32 Å². The van der Waals surface area contributed by atoms with Gasteiger partial charge in [-0.3, -0.25) is 9.78 Å². The Hall–Kier alpha value is -2.65. The van der Waals surface area contributed by atoms with Crippen molar-refractivity contribution in [3.63, 3.8) is 0 Å². The smallest absolute Gasteiger partial charge is 0.257 e. The Morgan fingerprint density at radius 3 is 2.23 bits per heavy atom. The fourth-order valence-corrected chi connectivity index (χ4v) is 2.85. The summed E-state index contributed by atoms with van der Waals surface area (Å²) in [6, 6.07) is 19.0. The molecular formula is C22H21ClN2O. The van der Waals surface area contributed by atoms with E-state index in [-0.39, 0.29) is 11.3 Å². The van der Waals surface area contributed by atoms with Crippen LogP contribution in [0.2, 0.25) is 5.02 Å². The van der Waals surface area contributed by atoms with Crippen LogP contribution in [0.3, 0.4) is 0 Å². The minimum atomic E-state index is -0.188. The van der Waals surface area contributed by atoms with Crippen molar-refractivity contribution in [2.24, 2.45) is 0 Å². The summed E-state index contributed by atoms with van der Waals surface area (Å²) in [6.45, 7) is 6.48. The Kier molecular flexibility index (Phi) is 5.10. The molecule has 3 aromatic rings. The summed E-state index contributed by atoms with van der Waals surface area (Å²) in [5.74, 6) is -0.188. The van der Waals surface area contributed by atoms with Gasteiger partial charge in [0.05, 0.1) is 11.3 Å². The fourth-order valence-electron chi connectivity index (χ4n) is 2.61. The molecular weight excluding hydrogens is 344 g/mol. The molecule has 132 valence electrons. The minimum absolute atomic E-state index is 0.0843. The fraction of sp³-hybridized carbons (Fsp3) is 0.182. The molecule has 26 heavy (non-hydrogen) atoms. The van der Waals surface area contributed by atoms with E-state index >= 15 is 0 Å². The van der Waals surface area contributed by atoms with Crippen molar-refractivity contribution < 1.29 is 4.79 Å². The summed E-state index contributed by atoms with van der Waals surface area (Å²) in [5, 5.41) is 3.54. The number of anilines is 1. The van der Waals surface area contributed by atoms with Gasteiger partial charge in [0.15, 0.2) is 0 Å². The van der Waals surface area contributed by atoms with Gasteiger partial charge < -0.3 is 5.32 Å². The zero-order valence-corrected chi connectivity index (χ0v) is 15.8. The number of amides is 1. The quantitative estimate of drug-likeness (QED) is 0.623. The predicted octanol–water partition coefficient (Wildman–Crippen LogP) is 5.95. The molecule has 0 radical (unpaired) electrons. The van der Waals surface area contributed by atoms with E-state index in [2.05, 4.69) is 31.1 Å². The van der Waals surface area contributed by atoms with E-state index in [1.54, 1.807) is 18.3 Å². The number of halogens is 1. The molecule has 0 aliphatic carbocycles. The van der Waals surface area contributed by atoms with Crippen LogP contribution in [0.4, 0.5) is 5.69 Å². The second-order valence-corrected chi connectivity index (χ2v) is 7.60. The Morgan fingerprint density at radius 2 is 1.65 bits per heavy atom. The Balaban J connectivity index is 1.73. The lowest BCUT2D eigenvalue weighted by Gasteiger charge is -2.19. The Bertz CT molecular complexity index is 910. The lowest BCUT2D eigenvalue weighted by atomic mass is 9.87. The maximum Gasteiger partial charge on any atom is 0.257 e. The number of benzene rings is 2. The lowest BCUT2D eigenvalue weighted by molar-refractivity contribution is 0.102. The zero-order chi connectivity index (χ0) is 18.7. The van der Waals surface area contributed by atoms with Gasteiger partial charge in [-0.25, -0.2) is 0 Å². The molecule has 0 fully saturated rings. The Morgan fingerprint density at radius 1 is 0.962 bits per heavy atom. The normalized spacial score (nSPS) is 11.2. The number of hydrogen-bond donors (Lipinski definition) is 1.